The average Bonchev–Trinajstić information content (AvgIpc) is 2.58. The maximum atomic E-state index is 12.3. The summed E-state index contributed by atoms with van der Waals surface area (Å²) in [6.45, 7) is 1.71. The van der Waals surface area contributed by atoms with Gasteiger partial charge in [0, 0.05) is 10.2 Å². The quantitative estimate of drug-likeness (QED) is 0.609. The summed E-state index contributed by atoms with van der Waals surface area (Å²) in [7, 11) is 0. The number of hydrogen-bond donors (Lipinski definition) is 1. The molecule has 3 aromatic carbocycles. The second kappa shape index (κ2) is 7.24. The van der Waals surface area contributed by atoms with Gasteiger partial charge in [-0.3, -0.25) is 4.79 Å². The average molecular weight is 405 g/mol. The van der Waals surface area contributed by atoms with E-state index < -0.39 is 6.10 Å². The van der Waals surface area contributed by atoms with Crippen molar-refractivity contribution in [2.75, 3.05) is 5.32 Å². The molecule has 0 fully saturated rings. The van der Waals surface area contributed by atoms with Crippen LogP contribution in [0.3, 0.4) is 0 Å². The molecule has 0 spiro atoms. The first-order valence-electron chi connectivity index (χ1n) is 7.44. The zero-order valence-electron chi connectivity index (χ0n) is 12.9. The molecule has 3 nitrogen and oxygen atoms in total. The number of hydrogen-bond acceptors (Lipinski definition) is 2. The van der Waals surface area contributed by atoms with Crippen LogP contribution in [0.1, 0.15) is 6.92 Å². The Labute approximate surface area is 153 Å². The van der Waals surface area contributed by atoms with Crippen molar-refractivity contribution in [3.05, 3.63) is 70.2 Å². The van der Waals surface area contributed by atoms with Gasteiger partial charge in [0.1, 0.15) is 5.75 Å². The smallest absolute Gasteiger partial charge is 0.265 e. The normalized spacial score (nSPS) is 12.0. The van der Waals surface area contributed by atoms with Gasteiger partial charge in [-0.1, -0.05) is 41.9 Å². The molecule has 0 bridgehead atoms. The minimum Gasteiger partial charge on any atom is -0.481 e. The third kappa shape index (κ3) is 3.89. The van der Waals surface area contributed by atoms with E-state index in [2.05, 4.69) is 21.2 Å². The number of carbonyl (C=O) groups is 1. The molecule has 24 heavy (non-hydrogen) atoms. The van der Waals surface area contributed by atoms with Gasteiger partial charge in [0.2, 0.25) is 0 Å². The minimum absolute atomic E-state index is 0.235. The molecule has 0 aliphatic heterocycles. The summed E-state index contributed by atoms with van der Waals surface area (Å²) in [5.41, 5.74) is 0.627. The van der Waals surface area contributed by atoms with Crippen molar-refractivity contribution in [1.29, 1.82) is 0 Å². The Hall–Kier alpha value is -2.04. The molecule has 0 radical (unpaired) electrons. The zero-order valence-corrected chi connectivity index (χ0v) is 15.3. The molecule has 5 heteroatoms. The highest BCUT2D eigenvalue weighted by atomic mass is 79.9. The molecule has 1 N–H and O–H groups in total. The largest absolute Gasteiger partial charge is 0.481 e. The van der Waals surface area contributed by atoms with Crippen LogP contribution in [0.2, 0.25) is 5.02 Å². The third-order valence-corrected chi connectivity index (χ3v) is 4.82. The van der Waals surface area contributed by atoms with Crippen LogP contribution in [-0.4, -0.2) is 12.0 Å². The number of amides is 1. The molecule has 0 heterocycles. The predicted octanol–water partition coefficient (Wildman–Crippen LogP) is 5.66. The zero-order chi connectivity index (χ0) is 17.1. The predicted molar refractivity (Wildman–Crippen MR) is 102 cm³/mol. The molecule has 1 amide bonds. The van der Waals surface area contributed by atoms with E-state index in [1.807, 2.05) is 42.5 Å². The lowest BCUT2D eigenvalue weighted by molar-refractivity contribution is -0.122. The van der Waals surface area contributed by atoms with Crippen molar-refractivity contribution in [1.82, 2.24) is 0 Å². The van der Waals surface area contributed by atoms with E-state index in [4.69, 9.17) is 16.3 Å². The summed E-state index contributed by atoms with van der Waals surface area (Å²) in [5, 5.41) is 5.54. The van der Waals surface area contributed by atoms with Crippen LogP contribution >= 0.6 is 27.5 Å². The van der Waals surface area contributed by atoms with Crippen molar-refractivity contribution in [2.45, 2.75) is 13.0 Å². The van der Waals surface area contributed by atoms with E-state index in [-0.39, 0.29) is 5.91 Å². The highest BCUT2D eigenvalue weighted by Crippen LogP contribution is 2.26. The molecule has 122 valence electrons. The number of anilines is 1. The summed E-state index contributed by atoms with van der Waals surface area (Å²) >= 11 is 9.35. The summed E-state index contributed by atoms with van der Waals surface area (Å²) < 4.78 is 6.54. The molecular formula is C19H15BrClNO2. The van der Waals surface area contributed by atoms with E-state index in [1.54, 1.807) is 25.1 Å². The maximum Gasteiger partial charge on any atom is 0.265 e. The number of nitrogens with one attached hydrogen (secondary N) is 1. The highest BCUT2D eigenvalue weighted by molar-refractivity contribution is 9.10. The van der Waals surface area contributed by atoms with Gasteiger partial charge in [-0.2, -0.15) is 0 Å². The van der Waals surface area contributed by atoms with Gasteiger partial charge in [-0.25, -0.2) is 0 Å². The Morgan fingerprint density at radius 1 is 1.08 bits per heavy atom. The van der Waals surface area contributed by atoms with Crippen LogP contribution in [0.4, 0.5) is 5.69 Å². The van der Waals surface area contributed by atoms with Gasteiger partial charge in [-0.05, 0) is 64.0 Å². The molecule has 0 aliphatic rings. The lowest BCUT2D eigenvalue weighted by atomic mass is 10.1. The number of benzene rings is 3. The van der Waals surface area contributed by atoms with Crippen molar-refractivity contribution in [3.8, 4) is 5.75 Å². The van der Waals surface area contributed by atoms with Gasteiger partial charge >= 0.3 is 0 Å². The maximum absolute atomic E-state index is 12.3. The Morgan fingerprint density at radius 2 is 1.83 bits per heavy atom. The number of carbonyl (C=O) groups excluding carboxylic acids is 1. The summed E-state index contributed by atoms with van der Waals surface area (Å²) in [6, 6.07) is 19.0. The van der Waals surface area contributed by atoms with Crippen molar-refractivity contribution >= 4 is 49.9 Å². The second-order valence-electron chi connectivity index (χ2n) is 5.39. The van der Waals surface area contributed by atoms with Gasteiger partial charge in [0.25, 0.3) is 5.91 Å². The van der Waals surface area contributed by atoms with Crippen LogP contribution < -0.4 is 10.1 Å². The number of ether oxygens (including phenoxy) is 1. The van der Waals surface area contributed by atoms with E-state index in [1.165, 1.54) is 0 Å². The van der Waals surface area contributed by atoms with E-state index in [0.717, 1.165) is 15.2 Å². The van der Waals surface area contributed by atoms with Gasteiger partial charge in [-0.15, -0.1) is 0 Å². The first-order chi connectivity index (χ1) is 11.5. The van der Waals surface area contributed by atoms with E-state index in [0.29, 0.717) is 16.5 Å². The molecule has 0 aromatic heterocycles. The summed E-state index contributed by atoms with van der Waals surface area (Å²) in [4.78, 5) is 12.3. The molecule has 0 unspecified atom stereocenters. The van der Waals surface area contributed by atoms with Gasteiger partial charge < -0.3 is 10.1 Å². The number of fused-ring (bicyclic) bond motifs is 1. The first kappa shape index (κ1) is 16.8. The molecule has 0 aliphatic carbocycles. The number of rotatable bonds is 4. The van der Waals surface area contributed by atoms with Crippen LogP contribution in [0.5, 0.6) is 5.75 Å². The van der Waals surface area contributed by atoms with Gasteiger partial charge in [0.05, 0.1) is 5.02 Å². The van der Waals surface area contributed by atoms with Gasteiger partial charge in [0.15, 0.2) is 6.10 Å². The van der Waals surface area contributed by atoms with Crippen LogP contribution in [0, 0.1) is 0 Å². The van der Waals surface area contributed by atoms with Crippen molar-refractivity contribution < 1.29 is 9.53 Å². The third-order valence-electron chi connectivity index (χ3n) is 3.59. The first-order valence-corrected chi connectivity index (χ1v) is 8.61. The van der Waals surface area contributed by atoms with Crippen LogP contribution in [-0.2, 0) is 4.79 Å². The number of halogens is 2. The van der Waals surface area contributed by atoms with Crippen LogP contribution in [0.15, 0.2) is 65.1 Å². The summed E-state index contributed by atoms with van der Waals surface area (Å²) in [5.74, 6) is 0.423. The molecular weight excluding hydrogens is 390 g/mol. The van der Waals surface area contributed by atoms with Crippen molar-refractivity contribution in [2.24, 2.45) is 0 Å². The topological polar surface area (TPSA) is 38.3 Å². The fraction of sp³-hybridized carbons (Fsp3) is 0.105. The van der Waals surface area contributed by atoms with Crippen LogP contribution in [0.25, 0.3) is 10.8 Å². The Kier molecular flexibility index (Phi) is 5.07. The fourth-order valence-electron chi connectivity index (χ4n) is 2.32. The molecule has 0 saturated heterocycles. The van der Waals surface area contributed by atoms with E-state index in [9.17, 15) is 4.79 Å². The standard InChI is InChI=1S/C19H15BrClNO2/c1-12(19(23)22-15-7-9-17(20)18(21)11-15)24-16-8-6-13-4-2-3-5-14(13)10-16/h2-12H,1H3,(H,22,23)/t12-/m0/s1. The SMILES string of the molecule is C[C@H](Oc1ccc2ccccc2c1)C(=O)Nc1ccc(Br)c(Cl)c1. The highest BCUT2D eigenvalue weighted by Gasteiger charge is 2.15. The molecule has 1 atom stereocenters. The Balaban J connectivity index is 1.69. The second-order valence-corrected chi connectivity index (χ2v) is 6.65. The lowest BCUT2D eigenvalue weighted by Crippen LogP contribution is -2.30. The Morgan fingerprint density at radius 3 is 2.58 bits per heavy atom. The molecule has 0 saturated carbocycles. The molecule has 3 aromatic rings. The van der Waals surface area contributed by atoms with Crippen molar-refractivity contribution in [3.63, 3.8) is 0 Å². The molecule has 3 rings (SSSR count). The summed E-state index contributed by atoms with van der Waals surface area (Å²) in [6.07, 6.45) is -0.631. The fourth-order valence-corrected chi connectivity index (χ4v) is 2.74. The Bertz CT molecular complexity index is 897. The monoisotopic (exact) mass is 403 g/mol. The minimum atomic E-state index is -0.631. The lowest BCUT2D eigenvalue weighted by Gasteiger charge is -2.15. The van der Waals surface area contributed by atoms with E-state index >= 15 is 0 Å².